The Morgan fingerprint density at radius 1 is 1.36 bits per heavy atom. The van der Waals surface area contributed by atoms with Crippen molar-refractivity contribution in [2.45, 2.75) is 26.9 Å². The van der Waals surface area contributed by atoms with Crippen molar-refractivity contribution >= 4 is 11.9 Å². The zero-order valence-corrected chi connectivity index (χ0v) is 12.6. The number of hydrogen-bond acceptors (Lipinski definition) is 6. The van der Waals surface area contributed by atoms with E-state index in [1.165, 1.54) is 0 Å². The lowest BCUT2D eigenvalue weighted by Crippen LogP contribution is -2.32. The van der Waals surface area contributed by atoms with Gasteiger partial charge in [-0.1, -0.05) is 19.1 Å². The summed E-state index contributed by atoms with van der Waals surface area (Å²) in [4.78, 5) is 19.9. The third-order valence-corrected chi connectivity index (χ3v) is 3.22. The molecule has 0 unspecified atom stereocenters. The number of anilines is 1. The number of nitrogen functional groups attached to an aromatic ring is 2. The van der Waals surface area contributed by atoms with Gasteiger partial charge in [-0.2, -0.15) is 0 Å². The number of aromatic nitrogens is 2. The molecule has 22 heavy (non-hydrogen) atoms. The van der Waals surface area contributed by atoms with Crippen LogP contribution < -0.4 is 21.7 Å². The molecule has 1 heterocycles. The van der Waals surface area contributed by atoms with Crippen molar-refractivity contribution < 1.29 is 9.53 Å². The molecule has 1 aromatic carbocycles. The second kappa shape index (κ2) is 6.86. The minimum Gasteiger partial charge on any atom is -0.487 e. The van der Waals surface area contributed by atoms with E-state index in [1.54, 1.807) is 6.92 Å². The molecular formula is C15H19N5O2. The first-order chi connectivity index (χ1) is 10.5. The standard InChI is InChI=1S/C15H19N5O2/c1-3-10-5-4-6-11(7-10)22-8-12-13(14(21)20-17)9(2)18-15(16)19-12/h4-7H,3,8,17H2,1-2H3,(H,20,21)(H2,16,18,19). The fourth-order valence-electron chi connectivity index (χ4n) is 2.13. The van der Waals surface area contributed by atoms with Crippen LogP contribution in [0, 0.1) is 6.92 Å². The van der Waals surface area contributed by atoms with Gasteiger partial charge in [0.05, 0.1) is 17.0 Å². The van der Waals surface area contributed by atoms with Crippen molar-refractivity contribution in [3.8, 4) is 5.75 Å². The Hall–Kier alpha value is -2.67. The number of nitrogens with zero attached hydrogens (tertiary/aromatic N) is 2. The van der Waals surface area contributed by atoms with Crippen molar-refractivity contribution in [2.24, 2.45) is 5.84 Å². The Morgan fingerprint density at radius 2 is 2.14 bits per heavy atom. The molecule has 116 valence electrons. The van der Waals surface area contributed by atoms with E-state index in [9.17, 15) is 4.79 Å². The molecular weight excluding hydrogens is 282 g/mol. The van der Waals surface area contributed by atoms with Crippen LogP contribution in [-0.4, -0.2) is 15.9 Å². The summed E-state index contributed by atoms with van der Waals surface area (Å²) in [6, 6.07) is 7.73. The first kappa shape index (κ1) is 15.7. The Kier molecular flexibility index (Phi) is 4.90. The minimum atomic E-state index is -0.474. The van der Waals surface area contributed by atoms with Crippen molar-refractivity contribution in [2.75, 3.05) is 5.73 Å². The number of benzene rings is 1. The predicted octanol–water partition coefficient (Wildman–Crippen LogP) is 1.11. The lowest BCUT2D eigenvalue weighted by atomic mass is 10.1. The first-order valence-electron chi connectivity index (χ1n) is 6.90. The maximum Gasteiger partial charge on any atom is 0.269 e. The van der Waals surface area contributed by atoms with Gasteiger partial charge in [-0.05, 0) is 31.0 Å². The van der Waals surface area contributed by atoms with Crippen LogP contribution in [0.2, 0.25) is 0 Å². The number of rotatable bonds is 5. The van der Waals surface area contributed by atoms with Crippen molar-refractivity contribution in [3.63, 3.8) is 0 Å². The molecule has 0 aliphatic carbocycles. The molecule has 7 nitrogen and oxygen atoms in total. The van der Waals surface area contributed by atoms with Gasteiger partial charge >= 0.3 is 0 Å². The van der Waals surface area contributed by atoms with E-state index in [0.717, 1.165) is 12.0 Å². The molecule has 0 atom stereocenters. The van der Waals surface area contributed by atoms with Crippen LogP contribution in [0.3, 0.4) is 0 Å². The zero-order valence-electron chi connectivity index (χ0n) is 12.6. The summed E-state index contributed by atoms with van der Waals surface area (Å²) in [5.74, 6) is 5.52. The summed E-state index contributed by atoms with van der Waals surface area (Å²) >= 11 is 0. The van der Waals surface area contributed by atoms with Crippen molar-refractivity contribution in [1.29, 1.82) is 0 Å². The highest BCUT2D eigenvalue weighted by atomic mass is 16.5. The Balaban J connectivity index is 2.26. The number of carbonyl (C=O) groups is 1. The average Bonchev–Trinajstić information content (AvgIpc) is 2.52. The maximum atomic E-state index is 11.9. The molecule has 1 aromatic heterocycles. The van der Waals surface area contributed by atoms with E-state index in [-0.39, 0.29) is 18.1 Å². The van der Waals surface area contributed by atoms with E-state index in [0.29, 0.717) is 17.1 Å². The van der Waals surface area contributed by atoms with Crippen LogP contribution in [0.5, 0.6) is 5.75 Å². The van der Waals surface area contributed by atoms with Gasteiger partial charge in [-0.3, -0.25) is 10.2 Å². The smallest absolute Gasteiger partial charge is 0.269 e. The molecule has 2 rings (SSSR count). The number of aryl methyl sites for hydroxylation is 2. The summed E-state index contributed by atoms with van der Waals surface area (Å²) in [7, 11) is 0. The normalized spacial score (nSPS) is 10.3. The summed E-state index contributed by atoms with van der Waals surface area (Å²) in [6.07, 6.45) is 0.914. The number of hydrazine groups is 1. The molecule has 0 aliphatic rings. The number of nitrogens with two attached hydrogens (primary N) is 2. The van der Waals surface area contributed by atoms with Gasteiger partial charge < -0.3 is 10.5 Å². The first-order valence-corrected chi connectivity index (χ1v) is 6.90. The molecule has 0 aliphatic heterocycles. The summed E-state index contributed by atoms with van der Waals surface area (Å²) in [5.41, 5.74) is 10.0. The van der Waals surface area contributed by atoms with Crippen LogP contribution in [0.4, 0.5) is 5.95 Å². The van der Waals surface area contributed by atoms with Gasteiger partial charge in [0.1, 0.15) is 12.4 Å². The summed E-state index contributed by atoms with van der Waals surface area (Å²) in [5, 5.41) is 0. The monoisotopic (exact) mass is 301 g/mol. The summed E-state index contributed by atoms with van der Waals surface area (Å²) in [6.45, 7) is 3.84. The van der Waals surface area contributed by atoms with E-state index in [2.05, 4.69) is 22.3 Å². The van der Waals surface area contributed by atoms with E-state index in [4.69, 9.17) is 16.3 Å². The van der Waals surface area contributed by atoms with Crippen LogP contribution in [-0.2, 0) is 13.0 Å². The van der Waals surface area contributed by atoms with Crippen LogP contribution in [0.15, 0.2) is 24.3 Å². The molecule has 0 spiro atoms. The molecule has 7 heteroatoms. The third-order valence-electron chi connectivity index (χ3n) is 3.22. The number of ether oxygens (including phenoxy) is 1. The quantitative estimate of drug-likeness (QED) is 0.433. The topological polar surface area (TPSA) is 116 Å². The van der Waals surface area contributed by atoms with Crippen molar-refractivity contribution in [1.82, 2.24) is 15.4 Å². The van der Waals surface area contributed by atoms with Gasteiger partial charge in [-0.15, -0.1) is 0 Å². The highest BCUT2D eigenvalue weighted by Gasteiger charge is 2.17. The number of nitrogens with one attached hydrogen (secondary N) is 1. The van der Waals surface area contributed by atoms with Gasteiger partial charge in [0.2, 0.25) is 5.95 Å². The number of carbonyl (C=O) groups excluding carboxylic acids is 1. The van der Waals surface area contributed by atoms with Gasteiger partial charge in [0.15, 0.2) is 0 Å². The maximum absolute atomic E-state index is 11.9. The predicted molar refractivity (Wildman–Crippen MR) is 83.0 cm³/mol. The Bertz CT molecular complexity index is 688. The minimum absolute atomic E-state index is 0.0898. The van der Waals surface area contributed by atoms with Gasteiger partial charge in [0, 0.05) is 0 Å². The van der Waals surface area contributed by atoms with Gasteiger partial charge in [0.25, 0.3) is 5.91 Å². The highest BCUT2D eigenvalue weighted by Crippen LogP contribution is 2.18. The Morgan fingerprint density at radius 3 is 2.82 bits per heavy atom. The molecule has 0 saturated heterocycles. The summed E-state index contributed by atoms with van der Waals surface area (Å²) < 4.78 is 5.71. The zero-order chi connectivity index (χ0) is 16.1. The highest BCUT2D eigenvalue weighted by molar-refractivity contribution is 5.95. The molecule has 0 saturated carbocycles. The lowest BCUT2D eigenvalue weighted by Gasteiger charge is -2.12. The third kappa shape index (κ3) is 3.50. The number of amides is 1. The van der Waals surface area contributed by atoms with Crippen LogP contribution in [0.1, 0.15) is 34.2 Å². The molecule has 0 radical (unpaired) electrons. The fourth-order valence-corrected chi connectivity index (χ4v) is 2.13. The Labute approximate surface area is 128 Å². The van der Waals surface area contributed by atoms with Crippen molar-refractivity contribution in [3.05, 3.63) is 46.8 Å². The van der Waals surface area contributed by atoms with Crippen LogP contribution in [0.25, 0.3) is 0 Å². The van der Waals surface area contributed by atoms with E-state index < -0.39 is 5.91 Å². The molecule has 5 N–H and O–H groups in total. The SMILES string of the molecule is CCc1cccc(OCc2nc(N)nc(C)c2C(=O)NN)c1. The van der Waals surface area contributed by atoms with Gasteiger partial charge in [-0.25, -0.2) is 15.8 Å². The van der Waals surface area contributed by atoms with Crippen LogP contribution >= 0.6 is 0 Å². The molecule has 0 bridgehead atoms. The molecule has 2 aromatic rings. The number of hydrogen-bond donors (Lipinski definition) is 3. The average molecular weight is 301 g/mol. The lowest BCUT2D eigenvalue weighted by molar-refractivity contribution is 0.0949. The molecule has 0 fully saturated rings. The fraction of sp³-hybridized carbons (Fsp3) is 0.267. The second-order valence-electron chi connectivity index (χ2n) is 4.75. The van der Waals surface area contributed by atoms with E-state index in [1.807, 2.05) is 24.3 Å². The second-order valence-corrected chi connectivity index (χ2v) is 4.75. The molecule has 1 amide bonds. The largest absolute Gasteiger partial charge is 0.487 e. The van der Waals surface area contributed by atoms with E-state index >= 15 is 0 Å².